The third kappa shape index (κ3) is 3.49. The van der Waals surface area contributed by atoms with E-state index in [9.17, 15) is 14.4 Å². The number of carbonyl (C=O) groups is 3. The van der Waals surface area contributed by atoms with E-state index in [0.29, 0.717) is 35.1 Å². The predicted octanol–water partition coefficient (Wildman–Crippen LogP) is 2.37. The number of carbonyl (C=O) groups excluding carboxylic acids is 3. The van der Waals surface area contributed by atoms with Crippen LogP contribution in [0, 0.1) is 0 Å². The summed E-state index contributed by atoms with van der Waals surface area (Å²) in [7, 11) is 1.42. The number of amides is 3. The van der Waals surface area contributed by atoms with Crippen LogP contribution in [0.25, 0.3) is 0 Å². The number of imide groups is 1. The van der Waals surface area contributed by atoms with Crippen LogP contribution in [0.5, 0.6) is 5.75 Å². The summed E-state index contributed by atoms with van der Waals surface area (Å²) in [6.45, 7) is 0.587. The highest BCUT2D eigenvalue weighted by molar-refractivity contribution is 6.30. The van der Waals surface area contributed by atoms with E-state index in [2.05, 4.69) is 5.32 Å². The van der Waals surface area contributed by atoms with Crippen LogP contribution in [0.3, 0.4) is 0 Å². The largest absolute Gasteiger partial charge is 0.492 e. The molecule has 0 saturated carbocycles. The number of nitrogens with zero attached hydrogens (tertiary/aromatic N) is 1. The molecule has 0 radical (unpaired) electrons. The van der Waals surface area contributed by atoms with Gasteiger partial charge < -0.3 is 10.1 Å². The third-order valence-corrected chi connectivity index (χ3v) is 4.07. The van der Waals surface area contributed by atoms with E-state index in [0.717, 1.165) is 4.90 Å². The Morgan fingerprint density at radius 3 is 2.48 bits per heavy atom. The van der Waals surface area contributed by atoms with E-state index < -0.39 is 5.91 Å². The highest BCUT2D eigenvalue weighted by Gasteiger charge is 2.33. The lowest BCUT2D eigenvalue weighted by molar-refractivity contribution is 0.0693. The fourth-order valence-corrected chi connectivity index (χ4v) is 2.59. The van der Waals surface area contributed by atoms with Crippen LogP contribution in [0.15, 0.2) is 42.5 Å². The number of nitrogens with one attached hydrogen (secondary N) is 1. The monoisotopic (exact) mass is 358 g/mol. The second kappa shape index (κ2) is 6.94. The lowest BCUT2D eigenvalue weighted by Crippen LogP contribution is -2.28. The first-order chi connectivity index (χ1) is 12.0. The minimum atomic E-state index is -0.402. The molecular weight excluding hydrogens is 344 g/mol. The van der Waals surface area contributed by atoms with Crippen LogP contribution < -0.4 is 10.1 Å². The van der Waals surface area contributed by atoms with Gasteiger partial charge in [0, 0.05) is 17.6 Å². The first-order valence-corrected chi connectivity index (χ1v) is 7.98. The van der Waals surface area contributed by atoms with Gasteiger partial charge in [0.25, 0.3) is 17.7 Å². The Bertz CT molecular complexity index is 849. The minimum absolute atomic E-state index is 0.248. The fourth-order valence-electron chi connectivity index (χ4n) is 2.47. The standard InChI is InChI=1S/C18H15ClN2O4/c1-21-17(23)14-7-2-11(10-15(14)18(21)24)16(22)20-8-9-25-13-5-3-12(19)4-6-13/h2-7,10H,8-9H2,1H3,(H,20,22). The number of hydrogen-bond donors (Lipinski definition) is 1. The summed E-state index contributed by atoms with van der Waals surface area (Å²) in [6.07, 6.45) is 0. The Kier molecular flexibility index (Phi) is 4.72. The average molecular weight is 359 g/mol. The van der Waals surface area contributed by atoms with Crippen molar-refractivity contribution < 1.29 is 19.1 Å². The molecule has 0 unspecified atom stereocenters. The predicted molar refractivity (Wildman–Crippen MR) is 92.1 cm³/mol. The number of halogens is 1. The zero-order chi connectivity index (χ0) is 18.0. The summed E-state index contributed by atoms with van der Waals surface area (Å²) in [4.78, 5) is 37.0. The van der Waals surface area contributed by atoms with Crippen LogP contribution in [0.1, 0.15) is 31.1 Å². The fraction of sp³-hybridized carbons (Fsp3) is 0.167. The van der Waals surface area contributed by atoms with Gasteiger partial charge in [0.05, 0.1) is 17.7 Å². The Labute approximate surface area is 149 Å². The molecule has 0 bridgehead atoms. The van der Waals surface area contributed by atoms with Gasteiger partial charge >= 0.3 is 0 Å². The summed E-state index contributed by atoms with van der Waals surface area (Å²) >= 11 is 5.79. The highest BCUT2D eigenvalue weighted by atomic mass is 35.5. The lowest BCUT2D eigenvalue weighted by atomic mass is 10.1. The summed E-state index contributed by atoms with van der Waals surface area (Å²) in [5, 5.41) is 3.33. The molecule has 0 aliphatic carbocycles. The number of benzene rings is 2. The van der Waals surface area contributed by atoms with E-state index >= 15 is 0 Å². The summed E-state index contributed by atoms with van der Waals surface area (Å²) < 4.78 is 5.49. The van der Waals surface area contributed by atoms with Crippen molar-refractivity contribution in [3.63, 3.8) is 0 Å². The van der Waals surface area contributed by atoms with Crippen LogP contribution in [0.4, 0.5) is 0 Å². The zero-order valence-corrected chi connectivity index (χ0v) is 14.2. The summed E-state index contributed by atoms with van der Waals surface area (Å²) in [5.74, 6) is -0.440. The molecule has 3 amide bonds. The second-order valence-electron chi connectivity index (χ2n) is 5.49. The molecule has 0 fully saturated rings. The Hall–Kier alpha value is -2.86. The van der Waals surface area contributed by atoms with Crippen molar-refractivity contribution in [2.45, 2.75) is 0 Å². The van der Waals surface area contributed by atoms with Crippen molar-refractivity contribution in [1.29, 1.82) is 0 Å². The molecule has 1 N–H and O–H groups in total. The van der Waals surface area contributed by atoms with Crippen molar-refractivity contribution in [3.8, 4) is 5.75 Å². The van der Waals surface area contributed by atoms with Crippen molar-refractivity contribution in [2.24, 2.45) is 0 Å². The van der Waals surface area contributed by atoms with Crippen LogP contribution in [-0.4, -0.2) is 42.8 Å². The molecule has 0 spiro atoms. The van der Waals surface area contributed by atoms with E-state index in [1.165, 1.54) is 25.2 Å². The van der Waals surface area contributed by atoms with Gasteiger partial charge in [-0.05, 0) is 42.5 Å². The topological polar surface area (TPSA) is 75.7 Å². The minimum Gasteiger partial charge on any atom is -0.492 e. The molecule has 0 aromatic heterocycles. The smallest absolute Gasteiger partial charge is 0.261 e. The molecule has 3 rings (SSSR count). The van der Waals surface area contributed by atoms with E-state index in [-0.39, 0.29) is 17.4 Å². The normalized spacial score (nSPS) is 13.0. The Balaban J connectivity index is 1.56. The number of hydrogen-bond acceptors (Lipinski definition) is 4. The Morgan fingerprint density at radius 1 is 1.08 bits per heavy atom. The van der Waals surface area contributed by atoms with Crippen LogP contribution >= 0.6 is 11.6 Å². The highest BCUT2D eigenvalue weighted by Crippen LogP contribution is 2.22. The number of ether oxygens (including phenoxy) is 1. The van der Waals surface area contributed by atoms with Gasteiger partial charge in [-0.3, -0.25) is 19.3 Å². The van der Waals surface area contributed by atoms with Crippen LogP contribution in [0.2, 0.25) is 5.02 Å². The second-order valence-corrected chi connectivity index (χ2v) is 5.92. The quantitative estimate of drug-likeness (QED) is 0.657. The maximum Gasteiger partial charge on any atom is 0.261 e. The van der Waals surface area contributed by atoms with Gasteiger partial charge in [0.1, 0.15) is 12.4 Å². The van der Waals surface area contributed by atoms with Gasteiger partial charge in [-0.15, -0.1) is 0 Å². The Morgan fingerprint density at radius 2 is 1.76 bits per heavy atom. The molecule has 128 valence electrons. The van der Waals surface area contributed by atoms with Crippen molar-refractivity contribution in [3.05, 3.63) is 64.2 Å². The molecule has 1 aliphatic heterocycles. The van der Waals surface area contributed by atoms with Gasteiger partial charge in [0.15, 0.2) is 0 Å². The molecule has 25 heavy (non-hydrogen) atoms. The van der Waals surface area contributed by atoms with Gasteiger partial charge in [-0.25, -0.2) is 0 Å². The maximum atomic E-state index is 12.2. The molecule has 2 aromatic rings. The van der Waals surface area contributed by atoms with Crippen molar-refractivity contribution in [2.75, 3.05) is 20.2 Å². The zero-order valence-electron chi connectivity index (χ0n) is 13.4. The number of rotatable bonds is 5. The van der Waals surface area contributed by atoms with Gasteiger partial charge in [0.2, 0.25) is 0 Å². The lowest BCUT2D eigenvalue weighted by Gasteiger charge is -2.08. The molecule has 2 aromatic carbocycles. The van der Waals surface area contributed by atoms with Crippen molar-refractivity contribution in [1.82, 2.24) is 10.2 Å². The first kappa shape index (κ1) is 17.0. The molecule has 1 aliphatic rings. The number of fused-ring (bicyclic) bond motifs is 1. The molecule has 1 heterocycles. The molecule has 6 nitrogen and oxygen atoms in total. The molecule has 0 atom stereocenters. The van der Waals surface area contributed by atoms with Crippen LogP contribution in [-0.2, 0) is 0 Å². The molecule has 7 heteroatoms. The summed E-state index contributed by atoms with van der Waals surface area (Å²) in [5.41, 5.74) is 0.884. The summed E-state index contributed by atoms with van der Waals surface area (Å²) in [6, 6.07) is 11.4. The van der Waals surface area contributed by atoms with Crippen molar-refractivity contribution >= 4 is 29.3 Å². The van der Waals surface area contributed by atoms with Gasteiger partial charge in [-0.2, -0.15) is 0 Å². The average Bonchev–Trinajstić information content (AvgIpc) is 2.84. The van der Waals surface area contributed by atoms with E-state index in [1.807, 2.05) is 0 Å². The van der Waals surface area contributed by atoms with E-state index in [4.69, 9.17) is 16.3 Å². The molecular formula is C18H15ClN2O4. The maximum absolute atomic E-state index is 12.2. The SMILES string of the molecule is CN1C(=O)c2ccc(C(=O)NCCOc3ccc(Cl)cc3)cc2C1=O. The van der Waals surface area contributed by atoms with E-state index in [1.54, 1.807) is 24.3 Å². The van der Waals surface area contributed by atoms with Gasteiger partial charge in [-0.1, -0.05) is 11.6 Å². The molecule has 0 saturated heterocycles. The third-order valence-electron chi connectivity index (χ3n) is 3.82. The first-order valence-electron chi connectivity index (χ1n) is 7.60.